The van der Waals surface area contributed by atoms with Crippen molar-refractivity contribution in [3.05, 3.63) is 29.8 Å². The standard InChI is InChI=1S/C15H21F2N3O2/c1-15(2,3)19-14(22)9-20(4)8-13(21)18-10-5-6-11(16)12(17)7-10/h5-7H,8-9H2,1-4H3,(H,18,21)(H,19,22). The van der Waals surface area contributed by atoms with Gasteiger partial charge in [0.1, 0.15) is 0 Å². The van der Waals surface area contributed by atoms with Crippen molar-refractivity contribution in [2.45, 2.75) is 26.3 Å². The van der Waals surface area contributed by atoms with Gasteiger partial charge < -0.3 is 10.6 Å². The maximum Gasteiger partial charge on any atom is 0.238 e. The van der Waals surface area contributed by atoms with Crippen molar-refractivity contribution in [2.24, 2.45) is 0 Å². The van der Waals surface area contributed by atoms with Crippen molar-refractivity contribution in [1.82, 2.24) is 10.2 Å². The number of nitrogens with zero attached hydrogens (tertiary/aromatic N) is 1. The summed E-state index contributed by atoms with van der Waals surface area (Å²) in [5, 5.41) is 5.23. The number of benzene rings is 1. The van der Waals surface area contributed by atoms with Crippen molar-refractivity contribution in [3.8, 4) is 0 Å². The highest BCUT2D eigenvalue weighted by Gasteiger charge is 2.16. The number of halogens is 2. The first-order chi connectivity index (χ1) is 10.1. The van der Waals surface area contributed by atoms with Crippen LogP contribution in [0.2, 0.25) is 0 Å². The van der Waals surface area contributed by atoms with Gasteiger partial charge in [0.25, 0.3) is 0 Å². The van der Waals surface area contributed by atoms with Gasteiger partial charge in [-0.15, -0.1) is 0 Å². The van der Waals surface area contributed by atoms with Crippen LogP contribution in [0.25, 0.3) is 0 Å². The topological polar surface area (TPSA) is 61.4 Å². The molecule has 7 heteroatoms. The summed E-state index contributed by atoms with van der Waals surface area (Å²) < 4.78 is 25.8. The van der Waals surface area contributed by atoms with Crippen LogP contribution in [0, 0.1) is 11.6 Å². The molecule has 22 heavy (non-hydrogen) atoms. The summed E-state index contributed by atoms with van der Waals surface area (Å²) >= 11 is 0. The molecule has 1 aromatic rings. The van der Waals surface area contributed by atoms with Gasteiger partial charge in [0.05, 0.1) is 13.1 Å². The molecule has 0 atom stereocenters. The van der Waals surface area contributed by atoms with E-state index in [-0.39, 0.29) is 30.2 Å². The predicted molar refractivity (Wildman–Crippen MR) is 80.4 cm³/mol. The number of likely N-dealkylation sites (N-methyl/N-ethyl adjacent to an activating group) is 1. The Labute approximate surface area is 128 Å². The van der Waals surface area contributed by atoms with E-state index in [0.717, 1.165) is 12.1 Å². The average Bonchev–Trinajstić information content (AvgIpc) is 2.30. The molecule has 2 amide bonds. The van der Waals surface area contributed by atoms with E-state index in [1.165, 1.54) is 11.0 Å². The largest absolute Gasteiger partial charge is 0.350 e. The number of anilines is 1. The summed E-state index contributed by atoms with van der Waals surface area (Å²) in [7, 11) is 1.62. The summed E-state index contributed by atoms with van der Waals surface area (Å²) in [5.74, 6) is -2.63. The fourth-order valence-corrected chi connectivity index (χ4v) is 1.78. The van der Waals surface area contributed by atoms with Crippen LogP contribution in [0.3, 0.4) is 0 Å². The molecule has 0 fully saturated rings. The van der Waals surface area contributed by atoms with Gasteiger partial charge in [-0.1, -0.05) is 0 Å². The third-order valence-electron chi connectivity index (χ3n) is 2.54. The van der Waals surface area contributed by atoms with Crippen LogP contribution in [0.1, 0.15) is 20.8 Å². The summed E-state index contributed by atoms with van der Waals surface area (Å²) in [6.45, 7) is 5.60. The van der Waals surface area contributed by atoms with Crippen LogP contribution in [0.15, 0.2) is 18.2 Å². The zero-order chi connectivity index (χ0) is 16.9. The van der Waals surface area contributed by atoms with Crippen molar-refractivity contribution < 1.29 is 18.4 Å². The summed E-state index contributed by atoms with van der Waals surface area (Å²) in [6.07, 6.45) is 0. The molecule has 0 unspecified atom stereocenters. The first-order valence-corrected chi connectivity index (χ1v) is 6.81. The molecule has 122 valence electrons. The highest BCUT2D eigenvalue weighted by Crippen LogP contribution is 2.12. The number of rotatable bonds is 5. The smallest absolute Gasteiger partial charge is 0.238 e. The Kier molecular flexibility index (Phi) is 5.99. The Hall–Kier alpha value is -2.02. The minimum Gasteiger partial charge on any atom is -0.350 e. The number of hydrogen-bond donors (Lipinski definition) is 2. The maximum atomic E-state index is 13.0. The van der Waals surface area contributed by atoms with Crippen molar-refractivity contribution >= 4 is 17.5 Å². The summed E-state index contributed by atoms with van der Waals surface area (Å²) in [4.78, 5) is 25.0. The number of carbonyl (C=O) groups is 2. The minimum absolute atomic E-state index is 0.0451. The molecule has 2 N–H and O–H groups in total. The van der Waals surface area contributed by atoms with Gasteiger partial charge in [-0.2, -0.15) is 0 Å². The lowest BCUT2D eigenvalue weighted by atomic mass is 10.1. The third kappa shape index (κ3) is 6.62. The lowest BCUT2D eigenvalue weighted by Crippen LogP contribution is -2.46. The second-order valence-electron chi connectivity index (χ2n) is 6.15. The zero-order valence-electron chi connectivity index (χ0n) is 13.2. The molecular weight excluding hydrogens is 292 g/mol. The minimum atomic E-state index is -1.03. The van der Waals surface area contributed by atoms with Crippen LogP contribution in [0.5, 0.6) is 0 Å². The fourth-order valence-electron chi connectivity index (χ4n) is 1.78. The van der Waals surface area contributed by atoms with E-state index < -0.39 is 17.5 Å². The van der Waals surface area contributed by atoms with E-state index in [0.29, 0.717) is 0 Å². The van der Waals surface area contributed by atoms with Crippen LogP contribution in [-0.4, -0.2) is 42.4 Å². The van der Waals surface area contributed by atoms with E-state index in [1.54, 1.807) is 7.05 Å². The van der Waals surface area contributed by atoms with Crippen LogP contribution >= 0.6 is 0 Å². The van der Waals surface area contributed by atoms with Crippen LogP contribution in [-0.2, 0) is 9.59 Å². The molecule has 0 saturated carbocycles. The fraction of sp³-hybridized carbons (Fsp3) is 0.467. The van der Waals surface area contributed by atoms with Gasteiger partial charge in [-0.3, -0.25) is 14.5 Å². The van der Waals surface area contributed by atoms with Gasteiger partial charge in [0.15, 0.2) is 11.6 Å². The molecule has 0 bridgehead atoms. The summed E-state index contributed by atoms with van der Waals surface area (Å²) in [5.41, 5.74) is -0.178. The number of nitrogens with one attached hydrogen (secondary N) is 2. The molecule has 0 spiro atoms. The SMILES string of the molecule is CN(CC(=O)Nc1ccc(F)c(F)c1)CC(=O)NC(C)(C)C. The second-order valence-corrected chi connectivity index (χ2v) is 6.15. The van der Waals surface area contributed by atoms with Crippen LogP contribution in [0.4, 0.5) is 14.5 Å². The van der Waals surface area contributed by atoms with E-state index in [2.05, 4.69) is 10.6 Å². The first-order valence-electron chi connectivity index (χ1n) is 6.81. The third-order valence-corrected chi connectivity index (χ3v) is 2.54. The maximum absolute atomic E-state index is 13.0. The Bertz CT molecular complexity index is 556. The Balaban J connectivity index is 2.47. The Morgan fingerprint density at radius 1 is 1.09 bits per heavy atom. The predicted octanol–water partition coefficient (Wildman–Crippen LogP) is 1.75. The van der Waals surface area contributed by atoms with Crippen LogP contribution < -0.4 is 10.6 Å². The zero-order valence-corrected chi connectivity index (χ0v) is 13.2. The monoisotopic (exact) mass is 313 g/mol. The molecule has 0 aliphatic rings. The molecule has 1 aromatic carbocycles. The molecule has 0 aromatic heterocycles. The van der Waals surface area contributed by atoms with Crippen molar-refractivity contribution in [1.29, 1.82) is 0 Å². The quantitative estimate of drug-likeness (QED) is 0.870. The summed E-state index contributed by atoms with van der Waals surface area (Å²) in [6, 6.07) is 3.10. The van der Waals surface area contributed by atoms with E-state index in [4.69, 9.17) is 0 Å². The molecule has 5 nitrogen and oxygen atoms in total. The lowest BCUT2D eigenvalue weighted by molar-refractivity contribution is -0.124. The molecule has 0 aliphatic carbocycles. The second kappa shape index (κ2) is 7.31. The van der Waals surface area contributed by atoms with Crippen molar-refractivity contribution in [3.63, 3.8) is 0 Å². The van der Waals surface area contributed by atoms with E-state index in [1.807, 2.05) is 20.8 Å². The van der Waals surface area contributed by atoms with Crippen molar-refractivity contribution in [2.75, 3.05) is 25.5 Å². The highest BCUT2D eigenvalue weighted by molar-refractivity contribution is 5.92. The number of amides is 2. The van der Waals surface area contributed by atoms with Gasteiger partial charge >= 0.3 is 0 Å². The molecular formula is C15H21F2N3O2. The number of carbonyl (C=O) groups excluding carboxylic acids is 2. The highest BCUT2D eigenvalue weighted by atomic mass is 19.2. The first kappa shape index (κ1) is 18.0. The number of hydrogen-bond acceptors (Lipinski definition) is 3. The normalized spacial score (nSPS) is 11.4. The van der Waals surface area contributed by atoms with E-state index in [9.17, 15) is 18.4 Å². The van der Waals surface area contributed by atoms with Gasteiger partial charge in [-0.25, -0.2) is 8.78 Å². The molecule has 0 radical (unpaired) electrons. The molecule has 1 rings (SSSR count). The molecule has 0 saturated heterocycles. The van der Waals surface area contributed by atoms with E-state index >= 15 is 0 Å². The van der Waals surface area contributed by atoms with Gasteiger partial charge in [-0.05, 0) is 40.0 Å². The Morgan fingerprint density at radius 3 is 2.23 bits per heavy atom. The molecule has 0 heterocycles. The van der Waals surface area contributed by atoms with Gasteiger partial charge in [0.2, 0.25) is 11.8 Å². The lowest BCUT2D eigenvalue weighted by Gasteiger charge is -2.23. The Morgan fingerprint density at radius 2 is 1.68 bits per heavy atom. The van der Waals surface area contributed by atoms with Gasteiger partial charge in [0, 0.05) is 17.3 Å². The average molecular weight is 313 g/mol. The molecule has 0 aliphatic heterocycles.